The number of rotatable bonds is 9. The molecule has 1 unspecified atom stereocenters. The molecule has 0 spiro atoms. The van der Waals surface area contributed by atoms with E-state index < -0.39 is 12.0 Å². The standard InChI is InChI=1S/C12H21NO4/c1-2-17-7-3-4-11(14)13-10(12(15)16)8-9-5-6-9/h9-10H,2-8H2,1H3,(H,13,14)(H,15,16). The second kappa shape index (κ2) is 7.27. The van der Waals surface area contributed by atoms with E-state index in [0.29, 0.717) is 38.4 Å². The number of ether oxygens (including phenoxy) is 1. The summed E-state index contributed by atoms with van der Waals surface area (Å²) in [7, 11) is 0. The quantitative estimate of drug-likeness (QED) is 0.596. The maximum absolute atomic E-state index is 11.5. The van der Waals surface area contributed by atoms with E-state index in [9.17, 15) is 9.59 Å². The van der Waals surface area contributed by atoms with Crippen molar-refractivity contribution in [1.29, 1.82) is 0 Å². The molecule has 5 nitrogen and oxygen atoms in total. The van der Waals surface area contributed by atoms with Crippen molar-refractivity contribution in [3.63, 3.8) is 0 Å². The molecule has 0 radical (unpaired) electrons. The van der Waals surface area contributed by atoms with E-state index in [4.69, 9.17) is 9.84 Å². The second-order valence-electron chi connectivity index (χ2n) is 4.44. The summed E-state index contributed by atoms with van der Waals surface area (Å²) in [6.07, 6.45) is 3.70. The van der Waals surface area contributed by atoms with Crippen LogP contribution in [0.5, 0.6) is 0 Å². The lowest BCUT2D eigenvalue weighted by Crippen LogP contribution is -2.41. The third-order valence-corrected chi connectivity index (χ3v) is 2.80. The zero-order chi connectivity index (χ0) is 12.7. The highest BCUT2D eigenvalue weighted by Gasteiger charge is 2.29. The van der Waals surface area contributed by atoms with Gasteiger partial charge in [0.15, 0.2) is 0 Å². The molecule has 1 amide bonds. The van der Waals surface area contributed by atoms with Crippen molar-refractivity contribution < 1.29 is 19.4 Å². The number of hydrogen-bond donors (Lipinski definition) is 2. The van der Waals surface area contributed by atoms with E-state index >= 15 is 0 Å². The SMILES string of the molecule is CCOCCCC(=O)NC(CC1CC1)C(=O)O. The summed E-state index contributed by atoms with van der Waals surface area (Å²) >= 11 is 0. The molecular weight excluding hydrogens is 222 g/mol. The van der Waals surface area contributed by atoms with E-state index in [-0.39, 0.29) is 5.91 Å². The van der Waals surface area contributed by atoms with E-state index in [2.05, 4.69) is 5.32 Å². The minimum atomic E-state index is -0.935. The van der Waals surface area contributed by atoms with Gasteiger partial charge in [0, 0.05) is 19.6 Å². The van der Waals surface area contributed by atoms with Crippen LogP contribution in [0.2, 0.25) is 0 Å². The van der Waals surface area contributed by atoms with E-state index in [1.807, 2.05) is 6.92 Å². The van der Waals surface area contributed by atoms with Crippen LogP contribution < -0.4 is 5.32 Å². The van der Waals surface area contributed by atoms with Crippen molar-refractivity contribution in [1.82, 2.24) is 5.32 Å². The third kappa shape index (κ3) is 6.26. The molecule has 5 heteroatoms. The number of aliphatic carboxylic acids is 1. The summed E-state index contributed by atoms with van der Waals surface area (Å²) in [5, 5.41) is 11.5. The van der Waals surface area contributed by atoms with Crippen molar-refractivity contribution >= 4 is 11.9 Å². The van der Waals surface area contributed by atoms with Crippen LogP contribution in [-0.2, 0) is 14.3 Å². The molecular formula is C12H21NO4. The van der Waals surface area contributed by atoms with Crippen LogP contribution in [0.1, 0.15) is 39.0 Å². The molecule has 0 saturated heterocycles. The Morgan fingerprint density at radius 3 is 2.71 bits per heavy atom. The number of carboxylic acids is 1. The molecule has 1 rings (SSSR count). The highest BCUT2D eigenvalue weighted by molar-refractivity contribution is 5.83. The van der Waals surface area contributed by atoms with Gasteiger partial charge >= 0.3 is 5.97 Å². The van der Waals surface area contributed by atoms with Gasteiger partial charge in [-0.25, -0.2) is 4.79 Å². The molecule has 0 aromatic rings. The first-order chi connectivity index (χ1) is 8.13. The van der Waals surface area contributed by atoms with Gasteiger partial charge in [0.1, 0.15) is 6.04 Å². The molecule has 17 heavy (non-hydrogen) atoms. The minimum Gasteiger partial charge on any atom is -0.480 e. The smallest absolute Gasteiger partial charge is 0.326 e. The molecule has 1 aliphatic rings. The normalized spacial score (nSPS) is 16.5. The van der Waals surface area contributed by atoms with Crippen molar-refractivity contribution in [2.45, 2.75) is 45.1 Å². The molecule has 2 N–H and O–H groups in total. The maximum Gasteiger partial charge on any atom is 0.326 e. The lowest BCUT2D eigenvalue weighted by Gasteiger charge is -2.13. The Hall–Kier alpha value is -1.10. The monoisotopic (exact) mass is 243 g/mol. The molecule has 1 fully saturated rings. The lowest BCUT2D eigenvalue weighted by atomic mass is 10.1. The van der Waals surface area contributed by atoms with Crippen LogP contribution in [0.25, 0.3) is 0 Å². The summed E-state index contributed by atoms with van der Waals surface area (Å²) in [4.78, 5) is 22.4. The fraction of sp³-hybridized carbons (Fsp3) is 0.833. The highest BCUT2D eigenvalue weighted by atomic mass is 16.5. The van der Waals surface area contributed by atoms with Crippen molar-refractivity contribution in [2.75, 3.05) is 13.2 Å². The Morgan fingerprint density at radius 1 is 1.47 bits per heavy atom. The van der Waals surface area contributed by atoms with Gasteiger partial charge in [0.25, 0.3) is 0 Å². The third-order valence-electron chi connectivity index (χ3n) is 2.80. The summed E-state index contributed by atoms with van der Waals surface area (Å²) in [5.41, 5.74) is 0. The summed E-state index contributed by atoms with van der Waals surface area (Å²) in [5.74, 6) is -0.646. The molecule has 1 aliphatic carbocycles. The summed E-state index contributed by atoms with van der Waals surface area (Å²) in [6, 6.07) is -0.720. The average Bonchev–Trinajstić information content (AvgIpc) is 3.07. The van der Waals surface area contributed by atoms with Crippen molar-refractivity contribution in [3.05, 3.63) is 0 Å². The molecule has 0 aromatic carbocycles. The van der Waals surface area contributed by atoms with Gasteiger partial charge in [-0.05, 0) is 25.7 Å². The topological polar surface area (TPSA) is 75.6 Å². The van der Waals surface area contributed by atoms with Gasteiger partial charge in [0.2, 0.25) is 5.91 Å². The molecule has 1 saturated carbocycles. The Bertz CT molecular complexity index is 263. The van der Waals surface area contributed by atoms with E-state index in [1.54, 1.807) is 0 Å². The van der Waals surface area contributed by atoms with Gasteiger partial charge in [0.05, 0.1) is 0 Å². The largest absolute Gasteiger partial charge is 0.480 e. The van der Waals surface area contributed by atoms with Gasteiger partial charge in [-0.3, -0.25) is 4.79 Å². The van der Waals surface area contributed by atoms with Crippen LogP contribution in [-0.4, -0.2) is 36.2 Å². The number of carbonyl (C=O) groups is 2. The molecule has 0 heterocycles. The second-order valence-corrected chi connectivity index (χ2v) is 4.44. The van der Waals surface area contributed by atoms with E-state index in [1.165, 1.54) is 0 Å². The maximum atomic E-state index is 11.5. The summed E-state index contributed by atoms with van der Waals surface area (Å²) in [6.45, 7) is 3.08. The number of nitrogens with one attached hydrogen (secondary N) is 1. The predicted octanol–water partition coefficient (Wildman–Crippen LogP) is 1.17. The fourth-order valence-corrected chi connectivity index (χ4v) is 1.65. The minimum absolute atomic E-state index is 0.197. The highest BCUT2D eigenvalue weighted by Crippen LogP contribution is 2.33. The first-order valence-corrected chi connectivity index (χ1v) is 6.23. The zero-order valence-corrected chi connectivity index (χ0v) is 10.3. The van der Waals surface area contributed by atoms with Gasteiger partial charge in [-0.2, -0.15) is 0 Å². The first-order valence-electron chi connectivity index (χ1n) is 6.23. The van der Waals surface area contributed by atoms with Gasteiger partial charge < -0.3 is 15.2 Å². The van der Waals surface area contributed by atoms with Crippen LogP contribution in [0.4, 0.5) is 0 Å². The van der Waals surface area contributed by atoms with Crippen LogP contribution in [0, 0.1) is 5.92 Å². The summed E-state index contributed by atoms with van der Waals surface area (Å²) < 4.78 is 5.11. The average molecular weight is 243 g/mol. The molecule has 0 aliphatic heterocycles. The van der Waals surface area contributed by atoms with E-state index in [0.717, 1.165) is 12.8 Å². The molecule has 0 aromatic heterocycles. The van der Waals surface area contributed by atoms with Crippen LogP contribution in [0.15, 0.2) is 0 Å². The van der Waals surface area contributed by atoms with Crippen LogP contribution >= 0.6 is 0 Å². The Labute approximate surface area is 102 Å². The predicted molar refractivity (Wildman–Crippen MR) is 62.6 cm³/mol. The number of amides is 1. The Kier molecular flexibility index (Phi) is 5.97. The number of carboxylic acid groups (broad SMARTS) is 1. The molecule has 1 atom stereocenters. The Balaban J connectivity index is 2.18. The Morgan fingerprint density at radius 2 is 2.18 bits per heavy atom. The molecule has 0 bridgehead atoms. The van der Waals surface area contributed by atoms with Crippen LogP contribution in [0.3, 0.4) is 0 Å². The fourth-order valence-electron chi connectivity index (χ4n) is 1.65. The first kappa shape index (κ1) is 14.0. The number of carbonyl (C=O) groups excluding carboxylic acids is 1. The molecule has 98 valence electrons. The lowest BCUT2D eigenvalue weighted by molar-refractivity contribution is -0.142. The van der Waals surface area contributed by atoms with Crippen molar-refractivity contribution in [3.8, 4) is 0 Å². The zero-order valence-electron chi connectivity index (χ0n) is 10.3. The van der Waals surface area contributed by atoms with Gasteiger partial charge in [-0.1, -0.05) is 12.8 Å². The van der Waals surface area contributed by atoms with Gasteiger partial charge in [-0.15, -0.1) is 0 Å². The van der Waals surface area contributed by atoms with Crippen molar-refractivity contribution in [2.24, 2.45) is 5.92 Å². The number of hydrogen-bond acceptors (Lipinski definition) is 3.